The zero-order chi connectivity index (χ0) is 22.5. The lowest BCUT2D eigenvalue weighted by molar-refractivity contribution is 0.585. The first kappa shape index (κ1) is 20.7. The Balaban J connectivity index is 1.66. The Kier molecular flexibility index (Phi) is 4.82. The van der Waals surface area contributed by atoms with Gasteiger partial charge in [0.05, 0.1) is 28.0 Å². The lowest BCUT2D eigenvalue weighted by Crippen LogP contribution is -2.39. The van der Waals surface area contributed by atoms with E-state index in [1.54, 1.807) is 42.5 Å². The molecule has 2 heterocycles. The van der Waals surface area contributed by atoms with Crippen molar-refractivity contribution in [1.82, 2.24) is 0 Å². The van der Waals surface area contributed by atoms with E-state index in [1.807, 2.05) is 24.3 Å². The number of nitriles is 1. The number of thiophene rings is 1. The van der Waals surface area contributed by atoms with Crippen LogP contribution in [0.2, 0.25) is 0 Å². The standard InChI is InChI=1S/C23H16N2O4S3/c24-15-16-5-7-17(8-6-16)18-9-10-22-20(13-18)25(11-12-31(22,26)27)32(28,29)23-14-19-3-1-2-4-21(19)30-23/h1-10,13-14H,11-12H2. The highest BCUT2D eigenvalue weighted by Gasteiger charge is 2.36. The highest BCUT2D eigenvalue weighted by Crippen LogP contribution is 2.39. The minimum Gasteiger partial charge on any atom is -0.263 e. The molecule has 4 aromatic rings. The number of nitrogens with zero attached hydrogens (tertiary/aromatic N) is 2. The van der Waals surface area contributed by atoms with Crippen molar-refractivity contribution in [2.24, 2.45) is 0 Å². The fourth-order valence-electron chi connectivity index (χ4n) is 3.77. The SMILES string of the molecule is N#Cc1ccc(-c2ccc3c(c2)N(S(=O)(=O)c2cc4ccccc4s2)CCS3(=O)=O)cc1. The van der Waals surface area contributed by atoms with Crippen LogP contribution in [-0.2, 0) is 19.9 Å². The average Bonchev–Trinajstić information content (AvgIpc) is 3.24. The quantitative estimate of drug-likeness (QED) is 0.432. The molecule has 0 aliphatic carbocycles. The number of hydrogen-bond donors (Lipinski definition) is 0. The maximum Gasteiger partial charge on any atom is 0.273 e. The van der Waals surface area contributed by atoms with E-state index >= 15 is 0 Å². The van der Waals surface area contributed by atoms with E-state index in [1.165, 1.54) is 21.7 Å². The summed E-state index contributed by atoms with van der Waals surface area (Å²) in [5.74, 6) is -0.277. The van der Waals surface area contributed by atoms with E-state index in [2.05, 4.69) is 6.07 Å². The van der Waals surface area contributed by atoms with Crippen LogP contribution in [0.3, 0.4) is 0 Å². The van der Waals surface area contributed by atoms with Crippen molar-refractivity contribution < 1.29 is 16.8 Å². The van der Waals surface area contributed by atoms with Crippen LogP contribution in [0.1, 0.15) is 5.56 Å². The topological polar surface area (TPSA) is 95.3 Å². The number of rotatable bonds is 3. The zero-order valence-electron chi connectivity index (χ0n) is 16.6. The third-order valence-corrected chi connectivity index (χ3v) is 10.5. The molecule has 6 nitrogen and oxygen atoms in total. The van der Waals surface area contributed by atoms with E-state index in [-0.39, 0.29) is 27.1 Å². The largest absolute Gasteiger partial charge is 0.273 e. The molecule has 5 rings (SSSR count). The van der Waals surface area contributed by atoms with E-state index in [9.17, 15) is 16.8 Å². The van der Waals surface area contributed by atoms with Crippen molar-refractivity contribution >= 4 is 47.0 Å². The zero-order valence-corrected chi connectivity index (χ0v) is 19.0. The number of fused-ring (bicyclic) bond motifs is 2. The summed E-state index contributed by atoms with van der Waals surface area (Å²) in [6, 6.07) is 22.6. The maximum atomic E-state index is 13.6. The summed E-state index contributed by atoms with van der Waals surface area (Å²) >= 11 is 1.17. The van der Waals surface area contributed by atoms with Crippen LogP contribution in [0.15, 0.2) is 81.9 Å². The van der Waals surface area contributed by atoms with Crippen LogP contribution in [0.25, 0.3) is 21.2 Å². The van der Waals surface area contributed by atoms with Gasteiger partial charge in [0, 0.05) is 11.2 Å². The minimum atomic E-state index is -3.95. The van der Waals surface area contributed by atoms with Crippen LogP contribution in [0, 0.1) is 11.3 Å². The van der Waals surface area contributed by atoms with Gasteiger partial charge >= 0.3 is 0 Å². The van der Waals surface area contributed by atoms with Gasteiger partial charge in [0.1, 0.15) is 4.21 Å². The van der Waals surface area contributed by atoms with Crippen LogP contribution in [0.5, 0.6) is 0 Å². The van der Waals surface area contributed by atoms with Gasteiger partial charge in [-0.15, -0.1) is 11.3 Å². The molecule has 9 heteroatoms. The van der Waals surface area contributed by atoms with Gasteiger partial charge in [0.25, 0.3) is 10.0 Å². The van der Waals surface area contributed by atoms with Gasteiger partial charge in [-0.2, -0.15) is 5.26 Å². The van der Waals surface area contributed by atoms with Gasteiger partial charge < -0.3 is 0 Å². The van der Waals surface area contributed by atoms with Gasteiger partial charge in [0.2, 0.25) is 0 Å². The number of anilines is 1. The Hall–Kier alpha value is -3.19. The van der Waals surface area contributed by atoms with Gasteiger partial charge in [-0.05, 0) is 52.9 Å². The number of sulfonamides is 1. The number of benzene rings is 3. The van der Waals surface area contributed by atoms with E-state index in [0.717, 1.165) is 15.6 Å². The molecule has 0 spiro atoms. The van der Waals surface area contributed by atoms with Gasteiger partial charge in [0.15, 0.2) is 9.84 Å². The van der Waals surface area contributed by atoms with Crippen LogP contribution in [-0.4, -0.2) is 29.1 Å². The summed E-state index contributed by atoms with van der Waals surface area (Å²) in [4.78, 5) is 0.00540. The molecule has 1 aliphatic rings. The average molecular weight is 481 g/mol. The summed E-state index contributed by atoms with van der Waals surface area (Å²) < 4.78 is 54.8. The number of sulfone groups is 1. The van der Waals surface area contributed by atoms with Gasteiger partial charge in [-0.1, -0.05) is 36.4 Å². The summed E-state index contributed by atoms with van der Waals surface area (Å²) in [7, 11) is -7.55. The van der Waals surface area contributed by atoms with Crippen molar-refractivity contribution in [1.29, 1.82) is 5.26 Å². The molecule has 1 aliphatic heterocycles. The summed E-state index contributed by atoms with van der Waals surface area (Å²) in [6.07, 6.45) is 0. The smallest absolute Gasteiger partial charge is 0.263 e. The summed E-state index contributed by atoms with van der Waals surface area (Å²) in [5.41, 5.74) is 2.08. The second-order valence-corrected chi connectivity index (χ2v) is 12.6. The van der Waals surface area contributed by atoms with Crippen molar-refractivity contribution in [3.05, 3.63) is 78.4 Å². The van der Waals surface area contributed by atoms with Crippen molar-refractivity contribution in [2.45, 2.75) is 9.10 Å². The number of hydrogen-bond acceptors (Lipinski definition) is 6. The molecule has 0 fully saturated rings. The second-order valence-electron chi connectivity index (χ2n) is 7.37. The van der Waals surface area contributed by atoms with Crippen molar-refractivity contribution in [3.63, 3.8) is 0 Å². The Labute approximate surface area is 189 Å². The Bertz CT molecular complexity index is 1580. The molecule has 0 bridgehead atoms. The minimum absolute atomic E-state index is 0.00540. The molecule has 0 saturated carbocycles. The predicted octanol–water partition coefficient (Wildman–Crippen LogP) is 4.42. The fourth-order valence-corrected chi connectivity index (χ4v) is 8.34. The molecule has 3 aromatic carbocycles. The van der Waals surface area contributed by atoms with Crippen LogP contribution in [0.4, 0.5) is 5.69 Å². The molecule has 1 aromatic heterocycles. The molecular formula is C23H16N2O4S3. The molecule has 0 unspecified atom stereocenters. The second kappa shape index (κ2) is 7.45. The monoisotopic (exact) mass is 480 g/mol. The van der Waals surface area contributed by atoms with E-state index in [0.29, 0.717) is 11.1 Å². The molecule has 0 atom stereocenters. The van der Waals surface area contributed by atoms with Gasteiger partial charge in [-0.3, -0.25) is 4.31 Å². The molecule has 32 heavy (non-hydrogen) atoms. The first-order valence-electron chi connectivity index (χ1n) is 9.68. The Morgan fingerprint density at radius 1 is 0.938 bits per heavy atom. The van der Waals surface area contributed by atoms with Crippen molar-refractivity contribution in [2.75, 3.05) is 16.6 Å². The first-order valence-corrected chi connectivity index (χ1v) is 13.6. The fraction of sp³-hybridized carbons (Fsp3) is 0.0870. The first-order chi connectivity index (χ1) is 15.3. The molecule has 0 amide bonds. The molecule has 0 saturated heterocycles. The van der Waals surface area contributed by atoms with Crippen LogP contribution < -0.4 is 4.31 Å². The highest BCUT2D eigenvalue weighted by atomic mass is 32.2. The Morgan fingerprint density at radius 2 is 1.66 bits per heavy atom. The van der Waals surface area contributed by atoms with E-state index < -0.39 is 19.9 Å². The van der Waals surface area contributed by atoms with Crippen LogP contribution >= 0.6 is 11.3 Å². The summed E-state index contributed by atoms with van der Waals surface area (Å²) in [6.45, 7) is -0.150. The van der Waals surface area contributed by atoms with Crippen molar-refractivity contribution in [3.8, 4) is 17.2 Å². The lowest BCUT2D eigenvalue weighted by Gasteiger charge is -2.30. The Morgan fingerprint density at radius 3 is 2.38 bits per heavy atom. The highest BCUT2D eigenvalue weighted by molar-refractivity contribution is 7.95. The molecule has 0 N–H and O–H groups in total. The predicted molar refractivity (Wildman–Crippen MR) is 125 cm³/mol. The maximum absolute atomic E-state index is 13.6. The lowest BCUT2D eigenvalue weighted by atomic mass is 10.0. The third-order valence-electron chi connectivity index (χ3n) is 5.42. The molecule has 160 valence electrons. The summed E-state index contributed by atoms with van der Waals surface area (Å²) in [5, 5.41) is 9.84. The normalized spacial score (nSPS) is 15.3. The third kappa shape index (κ3) is 3.37. The molecule has 0 radical (unpaired) electrons. The molecular weight excluding hydrogens is 464 g/mol. The van der Waals surface area contributed by atoms with Gasteiger partial charge in [-0.25, -0.2) is 16.8 Å². The van der Waals surface area contributed by atoms with E-state index in [4.69, 9.17) is 5.26 Å².